The maximum atomic E-state index is 6.01. The number of nitrogens with zero attached hydrogens (tertiary/aromatic N) is 1. The zero-order chi connectivity index (χ0) is 14.5. The highest BCUT2D eigenvalue weighted by Crippen LogP contribution is 2.27. The second-order valence-corrected chi connectivity index (χ2v) is 6.85. The van der Waals surface area contributed by atoms with Gasteiger partial charge in [0.15, 0.2) is 0 Å². The molecule has 20 heavy (non-hydrogen) atoms. The van der Waals surface area contributed by atoms with Crippen LogP contribution in [-0.2, 0) is 6.54 Å². The first kappa shape index (κ1) is 15.7. The molecular weight excluding hydrogens is 268 g/mol. The van der Waals surface area contributed by atoms with Crippen LogP contribution < -0.4 is 5.73 Å². The van der Waals surface area contributed by atoms with Crippen LogP contribution >= 0.6 is 11.6 Å². The SMILES string of the molecule is CC(C)CCN(Cc1ccc(Cl)c(N)c1)C1CCCC1. The quantitative estimate of drug-likeness (QED) is 0.770. The van der Waals surface area contributed by atoms with Gasteiger partial charge < -0.3 is 5.73 Å². The summed E-state index contributed by atoms with van der Waals surface area (Å²) in [6, 6.07) is 6.81. The molecule has 0 aliphatic heterocycles. The van der Waals surface area contributed by atoms with Gasteiger partial charge in [-0.15, -0.1) is 0 Å². The van der Waals surface area contributed by atoms with Gasteiger partial charge >= 0.3 is 0 Å². The van der Waals surface area contributed by atoms with E-state index >= 15 is 0 Å². The lowest BCUT2D eigenvalue weighted by Crippen LogP contribution is -2.34. The average Bonchev–Trinajstić information content (AvgIpc) is 2.92. The molecule has 3 heteroatoms. The maximum absolute atomic E-state index is 6.01. The average molecular weight is 295 g/mol. The summed E-state index contributed by atoms with van der Waals surface area (Å²) in [5.74, 6) is 0.759. The Balaban J connectivity index is 2.03. The van der Waals surface area contributed by atoms with Crippen molar-refractivity contribution < 1.29 is 0 Å². The second kappa shape index (κ2) is 7.33. The summed E-state index contributed by atoms with van der Waals surface area (Å²) in [4.78, 5) is 2.65. The summed E-state index contributed by atoms with van der Waals surface area (Å²) in [6.07, 6.45) is 6.72. The Kier molecular flexibility index (Phi) is 5.74. The van der Waals surface area contributed by atoms with Crippen LogP contribution in [0.3, 0.4) is 0 Å². The van der Waals surface area contributed by atoms with Gasteiger partial charge in [0.05, 0.1) is 10.7 Å². The van der Waals surface area contributed by atoms with E-state index in [1.54, 1.807) is 0 Å². The third kappa shape index (κ3) is 4.39. The van der Waals surface area contributed by atoms with Gasteiger partial charge in [0.1, 0.15) is 0 Å². The van der Waals surface area contributed by atoms with E-state index in [-0.39, 0.29) is 0 Å². The van der Waals surface area contributed by atoms with Crippen molar-refractivity contribution in [1.29, 1.82) is 0 Å². The maximum Gasteiger partial charge on any atom is 0.0635 e. The normalized spacial score (nSPS) is 16.4. The van der Waals surface area contributed by atoms with Crippen molar-refractivity contribution >= 4 is 17.3 Å². The molecule has 1 aromatic rings. The topological polar surface area (TPSA) is 29.3 Å². The van der Waals surface area contributed by atoms with Crippen molar-refractivity contribution in [2.75, 3.05) is 12.3 Å². The molecule has 0 amide bonds. The highest BCUT2D eigenvalue weighted by molar-refractivity contribution is 6.33. The van der Waals surface area contributed by atoms with Gasteiger partial charge in [0.2, 0.25) is 0 Å². The van der Waals surface area contributed by atoms with Gasteiger partial charge in [0, 0.05) is 12.6 Å². The summed E-state index contributed by atoms with van der Waals surface area (Å²) in [5.41, 5.74) is 7.90. The minimum atomic E-state index is 0.656. The standard InChI is InChI=1S/C17H27ClN2/c1-13(2)9-10-20(15-5-3-4-6-15)12-14-7-8-16(18)17(19)11-14/h7-8,11,13,15H,3-6,9-10,12,19H2,1-2H3. The van der Waals surface area contributed by atoms with Crippen LogP contribution in [0.15, 0.2) is 18.2 Å². The first-order valence-electron chi connectivity index (χ1n) is 7.84. The first-order valence-corrected chi connectivity index (χ1v) is 8.22. The monoisotopic (exact) mass is 294 g/mol. The van der Waals surface area contributed by atoms with E-state index in [0.29, 0.717) is 10.7 Å². The molecule has 1 aromatic carbocycles. The summed E-state index contributed by atoms with van der Waals surface area (Å²) in [5, 5.41) is 0.656. The molecule has 0 radical (unpaired) electrons. The predicted octanol–water partition coefficient (Wildman–Crippen LogP) is 4.71. The molecule has 2 rings (SSSR count). The molecule has 0 aromatic heterocycles. The zero-order valence-electron chi connectivity index (χ0n) is 12.7. The van der Waals surface area contributed by atoms with Gasteiger partial charge in [-0.3, -0.25) is 4.90 Å². The lowest BCUT2D eigenvalue weighted by molar-refractivity contribution is 0.179. The molecule has 1 aliphatic carbocycles. The molecule has 0 spiro atoms. The number of benzene rings is 1. The van der Waals surface area contributed by atoms with Gasteiger partial charge in [-0.25, -0.2) is 0 Å². The Labute approximate surface area is 128 Å². The third-order valence-electron chi connectivity index (χ3n) is 4.28. The van der Waals surface area contributed by atoms with Crippen molar-refractivity contribution in [3.63, 3.8) is 0 Å². The zero-order valence-corrected chi connectivity index (χ0v) is 13.5. The molecule has 0 saturated heterocycles. The fraction of sp³-hybridized carbons (Fsp3) is 0.647. The summed E-state index contributed by atoms with van der Waals surface area (Å²) >= 11 is 6.01. The summed E-state index contributed by atoms with van der Waals surface area (Å²) in [6.45, 7) is 6.78. The molecular formula is C17H27ClN2. The fourth-order valence-electron chi connectivity index (χ4n) is 3.01. The molecule has 0 bridgehead atoms. The minimum Gasteiger partial charge on any atom is -0.398 e. The van der Waals surface area contributed by atoms with E-state index in [1.807, 2.05) is 12.1 Å². The highest BCUT2D eigenvalue weighted by Gasteiger charge is 2.22. The van der Waals surface area contributed by atoms with Crippen molar-refractivity contribution in [2.24, 2.45) is 5.92 Å². The van der Waals surface area contributed by atoms with Gasteiger partial charge in [0.25, 0.3) is 0 Å². The Bertz CT molecular complexity index is 425. The molecule has 1 fully saturated rings. The van der Waals surface area contributed by atoms with E-state index in [2.05, 4.69) is 24.8 Å². The molecule has 2 N–H and O–H groups in total. The Hall–Kier alpha value is -0.730. The van der Waals surface area contributed by atoms with Crippen LogP contribution in [0, 0.1) is 5.92 Å². The lowest BCUT2D eigenvalue weighted by Gasteiger charge is -2.29. The Morgan fingerprint density at radius 3 is 2.60 bits per heavy atom. The Morgan fingerprint density at radius 2 is 2.00 bits per heavy atom. The van der Waals surface area contributed by atoms with E-state index < -0.39 is 0 Å². The van der Waals surface area contributed by atoms with Crippen molar-refractivity contribution in [3.05, 3.63) is 28.8 Å². The molecule has 1 aliphatic rings. The summed E-state index contributed by atoms with van der Waals surface area (Å²) < 4.78 is 0. The number of halogens is 1. The lowest BCUT2D eigenvalue weighted by atomic mass is 10.1. The number of anilines is 1. The molecule has 0 atom stereocenters. The molecule has 112 valence electrons. The second-order valence-electron chi connectivity index (χ2n) is 6.45. The van der Waals surface area contributed by atoms with Gasteiger partial charge in [-0.1, -0.05) is 44.4 Å². The number of rotatable bonds is 6. The minimum absolute atomic E-state index is 0.656. The van der Waals surface area contributed by atoms with Gasteiger partial charge in [-0.2, -0.15) is 0 Å². The van der Waals surface area contributed by atoms with E-state index in [0.717, 1.165) is 18.5 Å². The van der Waals surface area contributed by atoms with Crippen LogP contribution in [0.2, 0.25) is 5.02 Å². The largest absolute Gasteiger partial charge is 0.398 e. The van der Waals surface area contributed by atoms with E-state index in [4.69, 9.17) is 17.3 Å². The molecule has 1 saturated carbocycles. The number of hydrogen-bond donors (Lipinski definition) is 1. The first-order chi connectivity index (χ1) is 9.56. The van der Waals surface area contributed by atoms with Crippen LogP contribution in [0.1, 0.15) is 51.5 Å². The third-order valence-corrected chi connectivity index (χ3v) is 4.63. The van der Waals surface area contributed by atoms with Crippen LogP contribution in [-0.4, -0.2) is 17.5 Å². The predicted molar refractivity (Wildman–Crippen MR) is 88.0 cm³/mol. The van der Waals surface area contributed by atoms with Crippen molar-refractivity contribution in [2.45, 2.75) is 58.5 Å². The Morgan fingerprint density at radius 1 is 1.30 bits per heavy atom. The number of nitrogens with two attached hydrogens (primary N) is 1. The van der Waals surface area contributed by atoms with Crippen LogP contribution in [0.5, 0.6) is 0 Å². The van der Waals surface area contributed by atoms with Crippen LogP contribution in [0.25, 0.3) is 0 Å². The number of nitrogen functional groups attached to an aromatic ring is 1. The smallest absolute Gasteiger partial charge is 0.0635 e. The highest BCUT2D eigenvalue weighted by atomic mass is 35.5. The fourth-order valence-corrected chi connectivity index (χ4v) is 3.13. The molecule has 2 nitrogen and oxygen atoms in total. The van der Waals surface area contributed by atoms with Crippen LogP contribution in [0.4, 0.5) is 5.69 Å². The number of hydrogen-bond acceptors (Lipinski definition) is 2. The van der Waals surface area contributed by atoms with E-state index in [9.17, 15) is 0 Å². The molecule has 0 unspecified atom stereocenters. The summed E-state index contributed by atoms with van der Waals surface area (Å²) in [7, 11) is 0. The van der Waals surface area contributed by atoms with Crippen molar-refractivity contribution in [1.82, 2.24) is 4.90 Å². The van der Waals surface area contributed by atoms with Gasteiger partial charge in [-0.05, 0) is 49.4 Å². The molecule has 0 heterocycles. The van der Waals surface area contributed by atoms with Crippen molar-refractivity contribution in [3.8, 4) is 0 Å². The van der Waals surface area contributed by atoms with E-state index in [1.165, 1.54) is 44.2 Å².